The summed E-state index contributed by atoms with van der Waals surface area (Å²) in [7, 11) is 3.64. The molecule has 1 N–H and O–H groups in total. The SMILES string of the molecule is C=CC(CNC)=NC. The highest BCUT2D eigenvalue weighted by atomic mass is 14.8. The maximum absolute atomic E-state index is 3.93. The first-order valence-electron chi connectivity index (χ1n) is 2.57. The van der Waals surface area contributed by atoms with Gasteiger partial charge in [0.1, 0.15) is 0 Å². The van der Waals surface area contributed by atoms with Crippen molar-refractivity contribution < 1.29 is 0 Å². The molecule has 0 aliphatic rings. The second-order valence-corrected chi connectivity index (χ2v) is 1.45. The molecule has 0 aromatic rings. The third-order valence-corrected chi connectivity index (χ3v) is 0.881. The van der Waals surface area contributed by atoms with E-state index >= 15 is 0 Å². The van der Waals surface area contributed by atoms with E-state index in [-0.39, 0.29) is 0 Å². The molecule has 0 saturated heterocycles. The van der Waals surface area contributed by atoms with Crippen LogP contribution in [0.1, 0.15) is 0 Å². The van der Waals surface area contributed by atoms with E-state index in [4.69, 9.17) is 0 Å². The van der Waals surface area contributed by atoms with Crippen LogP contribution in [0.4, 0.5) is 0 Å². The topological polar surface area (TPSA) is 24.4 Å². The van der Waals surface area contributed by atoms with Gasteiger partial charge < -0.3 is 5.32 Å². The van der Waals surface area contributed by atoms with Crippen LogP contribution in [-0.4, -0.2) is 26.4 Å². The van der Waals surface area contributed by atoms with Gasteiger partial charge in [-0.25, -0.2) is 0 Å². The molecule has 2 nitrogen and oxygen atoms in total. The van der Waals surface area contributed by atoms with E-state index in [0.29, 0.717) is 0 Å². The minimum atomic E-state index is 0.806. The van der Waals surface area contributed by atoms with Crippen molar-refractivity contribution in [3.63, 3.8) is 0 Å². The fraction of sp³-hybridized carbons (Fsp3) is 0.500. The Kier molecular flexibility index (Phi) is 4.17. The molecule has 0 atom stereocenters. The molecule has 0 spiro atoms. The lowest BCUT2D eigenvalue weighted by Crippen LogP contribution is -2.16. The number of hydrogen-bond donors (Lipinski definition) is 1. The van der Waals surface area contributed by atoms with Crippen molar-refractivity contribution in [1.29, 1.82) is 0 Å². The molecule has 0 fully saturated rings. The zero-order valence-corrected chi connectivity index (χ0v) is 5.44. The first kappa shape index (κ1) is 7.37. The Bertz CT molecular complexity index is 94.7. The molecule has 0 aliphatic carbocycles. The Morgan fingerprint density at radius 1 is 1.88 bits per heavy atom. The van der Waals surface area contributed by atoms with Crippen molar-refractivity contribution in [3.8, 4) is 0 Å². The summed E-state index contributed by atoms with van der Waals surface area (Å²) in [5.74, 6) is 0. The monoisotopic (exact) mass is 112 g/mol. The Hall–Kier alpha value is -0.630. The van der Waals surface area contributed by atoms with Gasteiger partial charge in [-0.15, -0.1) is 0 Å². The van der Waals surface area contributed by atoms with Crippen LogP contribution in [0.25, 0.3) is 0 Å². The molecule has 0 aromatic heterocycles. The molecule has 0 rings (SSSR count). The number of hydrogen-bond acceptors (Lipinski definition) is 2. The predicted octanol–water partition coefficient (Wildman–Crippen LogP) is 0.463. The summed E-state index contributed by atoms with van der Waals surface area (Å²) in [5, 5.41) is 2.97. The molecule has 0 unspecified atom stereocenters. The summed E-state index contributed by atoms with van der Waals surface area (Å²) in [5.41, 5.74) is 0.993. The van der Waals surface area contributed by atoms with Gasteiger partial charge in [-0.2, -0.15) is 0 Å². The second kappa shape index (κ2) is 4.53. The predicted molar refractivity (Wildman–Crippen MR) is 37.5 cm³/mol. The van der Waals surface area contributed by atoms with Crippen molar-refractivity contribution >= 4 is 5.71 Å². The first-order chi connectivity index (χ1) is 3.85. The van der Waals surface area contributed by atoms with Gasteiger partial charge in [-0.3, -0.25) is 4.99 Å². The molecule has 0 heterocycles. The van der Waals surface area contributed by atoms with Crippen LogP contribution in [0.2, 0.25) is 0 Å². The van der Waals surface area contributed by atoms with Crippen LogP contribution < -0.4 is 5.32 Å². The maximum Gasteiger partial charge on any atom is 0.0476 e. The quantitative estimate of drug-likeness (QED) is 0.527. The number of nitrogens with zero attached hydrogens (tertiary/aromatic N) is 1. The molecule has 0 aliphatic heterocycles. The van der Waals surface area contributed by atoms with Crippen LogP contribution in [0.3, 0.4) is 0 Å². The first-order valence-corrected chi connectivity index (χ1v) is 2.57. The van der Waals surface area contributed by atoms with Gasteiger partial charge in [0.25, 0.3) is 0 Å². The van der Waals surface area contributed by atoms with Gasteiger partial charge in [0.15, 0.2) is 0 Å². The van der Waals surface area contributed by atoms with Gasteiger partial charge in [-0.1, -0.05) is 6.58 Å². The van der Waals surface area contributed by atoms with Crippen LogP contribution in [-0.2, 0) is 0 Å². The third-order valence-electron chi connectivity index (χ3n) is 0.881. The molecule has 0 amide bonds. The van der Waals surface area contributed by atoms with E-state index in [0.717, 1.165) is 12.3 Å². The van der Waals surface area contributed by atoms with Crippen molar-refractivity contribution in [2.75, 3.05) is 20.6 Å². The molecule has 0 bridgehead atoms. The van der Waals surface area contributed by atoms with E-state index in [1.54, 1.807) is 13.1 Å². The summed E-state index contributed by atoms with van der Waals surface area (Å²) in [4.78, 5) is 3.93. The highest BCUT2D eigenvalue weighted by Crippen LogP contribution is 1.73. The van der Waals surface area contributed by atoms with Gasteiger partial charge in [0, 0.05) is 19.3 Å². The molecule has 46 valence electrons. The smallest absolute Gasteiger partial charge is 0.0476 e. The highest BCUT2D eigenvalue weighted by molar-refractivity contribution is 5.95. The zero-order valence-electron chi connectivity index (χ0n) is 5.44. The van der Waals surface area contributed by atoms with Crippen LogP contribution in [0.15, 0.2) is 17.6 Å². The minimum absolute atomic E-state index is 0.806. The van der Waals surface area contributed by atoms with Crippen LogP contribution in [0, 0.1) is 0 Å². The third kappa shape index (κ3) is 2.53. The zero-order chi connectivity index (χ0) is 6.41. The molecule has 8 heavy (non-hydrogen) atoms. The van der Waals surface area contributed by atoms with Gasteiger partial charge in [-0.05, 0) is 13.1 Å². The van der Waals surface area contributed by atoms with E-state index in [1.165, 1.54) is 0 Å². The largest absolute Gasteiger partial charge is 0.314 e. The van der Waals surface area contributed by atoms with E-state index in [2.05, 4.69) is 16.9 Å². The Labute approximate surface area is 50.3 Å². The Morgan fingerprint density at radius 3 is 2.62 bits per heavy atom. The molecular weight excluding hydrogens is 100 g/mol. The van der Waals surface area contributed by atoms with Crippen LogP contribution in [0.5, 0.6) is 0 Å². The van der Waals surface area contributed by atoms with Crippen molar-refractivity contribution in [1.82, 2.24) is 5.32 Å². The van der Waals surface area contributed by atoms with Crippen molar-refractivity contribution in [2.45, 2.75) is 0 Å². The van der Waals surface area contributed by atoms with Crippen molar-refractivity contribution in [2.24, 2.45) is 4.99 Å². The van der Waals surface area contributed by atoms with E-state index < -0.39 is 0 Å². The van der Waals surface area contributed by atoms with Crippen LogP contribution >= 0.6 is 0 Å². The molecule has 0 aromatic carbocycles. The molecule has 0 radical (unpaired) electrons. The molecular formula is C6H12N2. The average molecular weight is 112 g/mol. The molecule has 0 saturated carbocycles. The fourth-order valence-electron chi connectivity index (χ4n) is 0.424. The second-order valence-electron chi connectivity index (χ2n) is 1.45. The van der Waals surface area contributed by atoms with E-state index in [9.17, 15) is 0 Å². The number of rotatable bonds is 3. The Morgan fingerprint density at radius 2 is 2.50 bits per heavy atom. The molecule has 2 heteroatoms. The summed E-state index contributed by atoms with van der Waals surface area (Å²) in [6.07, 6.45) is 1.75. The summed E-state index contributed by atoms with van der Waals surface area (Å²) in [6.45, 7) is 4.39. The minimum Gasteiger partial charge on any atom is -0.314 e. The van der Waals surface area contributed by atoms with Gasteiger partial charge >= 0.3 is 0 Å². The lowest BCUT2D eigenvalue weighted by atomic mass is 10.4. The summed E-state index contributed by atoms with van der Waals surface area (Å²) >= 11 is 0. The van der Waals surface area contributed by atoms with E-state index in [1.807, 2.05) is 7.05 Å². The van der Waals surface area contributed by atoms with Gasteiger partial charge in [0.2, 0.25) is 0 Å². The standard InChI is InChI=1S/C6H12N2/c1-4-6(8-3)5-7-2/h4,7H,1,5H2,2-3H3. The average Bonchev–Trinajstić information content (AvgIpc) is 1.83. The number of aliphatic imine (C=N–C) groups is 1. The Balaban J connectivity index is 3.54. The lowest BCUT2D eigenvalue weighted by molar-refractivity contribution is 0.947. The number of nitrogens with one attached hydrogen (secondary N) is 1. The summed E-state index contributed by atoms with van der Waals surface area (Å²) in [6, 6.07) is 0. The van der Waals surface area contributed by atoms with Gasteiger partial charge in [0.05, 0.1) is 0 Å². The highest BCUT2D eigenvalue weighted by Gasteiger charge is 1.84. The van der Waals surface area contributed by atoms with Crippen molar-refractivity contribution in [3.05, 3.63) is 12.7 Å². The normalized spacial score (nSPS) is 11.5. The fourth-order valence-corrected chi connectivity index (χ4v) is 0.424. The summed E-state index contributed by atoms with van der Waals surface area (Å²) < 4.78 is 0. The lowest BCUT2D eigenvalue weighted by Gasteiger charge is -1.94. The maximum atomic E-state index is 3.93.